The molecule has 1 aromatic heterocycles. The van der Waals surface area contributed by atoms with Crippen molar-refractivity contribution in [3.63, 3.8) is 0 Å². The van der Waals surface area contributed by atoms with Crippen LogP contribution in [0.5, 0.6) is 5.75 Å². The number of ether oxygens (including phenoxy) is 1. The number of rotatable bonds is 6. The normalized spacial score (nSPS) is 12.9. The molecule has 0 radical (unpaired) electrons. The summed E-state index contributed by atoms with van der Waals surface area (Å²) in [7, 11) is 7.33. The Morgan fingerprint density at radius 1 is 0.909 bits per heavy atom. The third kappa shape index (κ3) is 3.72. The summed E-state index contributed by atoms with van der Waals surface area (Å²) in [5.74, 6) is 0.604. The molecule has 0 amide bonds. The highest BCUT2D eigenvalue weighted by Crippen LogP contribution is 2.39. The Kier molecular flexibility index (Phi) is 5.87. The van der Waals surface area contributed by atoms with Crippen LogP contribution in [0.1, 0.15) is 22.4 Å². The second-order valence-corrected chi connectivity index (χ2v) is 8.32. The molecule has 1 heterocycles. The van der Waals surface area contributed by atoms with Crippen molar-refractivity contribution in [1.82, 2.24) is 9.36 Å². The van der Waals surface area contributed by atoms with Crippen LogP contribution in [0.3, 0.4) is 0 Å². The van der Waals surface area contributed by atoms with Crippen LogP contribution in [-0.4, -0.2) is 35.7 Å². The van der Waals surface area contributed by atoms with E-state index in [2.05, 4.69) is 0 Å². The van der Waals surface area contributed by atoms with Gasteiger partial charge in [0.15, 0.2) is 0 Å². The van der Waals surface area contributed by atoms with Gasteiger partial charge in [-0.3, -0.25) is 9.48 Å². The smallest absolute Gasteiger partial charge is 0.278 e. The Labute approximate surface area is 193 Å². The second kappa shape index (κ2) is 8.64. The SMILES string of the molecule is COc1cccc(C(O)(c2ccc(N(C)C)cc2)c2c(C)n(C)n(-c3ccccc3)c2=O)c1. The van der Waals surface area contributed by atoms with E-state index < -0.39 is 5.60 Å². The Balaban J connectivity index is 2.03. The first kappa shape index (κ1) is 22.4. The monoisotopic (exact) mass is 443 g/mol. The van der Waals surface area contributed by atoms with Gasteiger partial charge in [-0.2, -0.15) is 0 Å². The molecule has 4 rings (SSSR count). The molecule has 0 spiro atoms. The number of nitrogens with zero attached hydrogens (tertiary/aromatic N) is 3. The molecule has 4 aromatic rings. The molecular formula is C27H29N3O3. The lowest BCUT2D eigenvalue weighted by molar-refractivity contribution is 0.123. The van der Waals surface area contributed by atoms with E-state index in [4.69, 9.17) is 4.74 Å². The first-order valence-electron chi connectivity index (χ1n) is 10.8. The molecule has 0 fully saturated rings. The lowest BCUT2D eigenvalue weighted by Crippen LogP contribution is -2.35. The summed E-state index contributed by atoms with van der Waals surface area (Å²) in [6.45, 7) is 1.86. The van der Waals surface area contributed by atoms with Gasteiger partial charge in [0.2, 0.25) is 0 Å². The highest BCUT2D eigenvalue weighted by atomic mass is 16.5. The maximum atomic E-state index is 13.9. The minimum atomic E-state index is -1.68. The average Bonchev–Trinajstić information content (AvgIpc) is 3.07. The molecule has 0 saturated heterocycles. The molecule has 0 aliphatic heterocycles. The van der Waals surface area contributed by atoms with Crippen LogP contribution in [0.15, 0.2) is 83.7 Å². The first-order chi connectivity index (χ1) is 15.8. The van der Waals surface area contributed by atoms with Gasteiger partial charge >= 0.3 is 0 Å². The van der Waals surface area contributed by atoms with Crippen molar-refractivity contribution in [1.29, 1.82) is 0 Å². The fraction of sp³-hybridized carbons (Fsp3) is 0.222. The topological polar surface area (TPSA) is 59.6 Å². The fourth-order valence-electron chi connectivity index (χ4n) is 4.29. The molecule has 0 bridgehead atoms. The molecule has 0 aliphatic carbocycles. The van der Waals surface area contributed by atoms with Crippen LogP contribution in [0, 0.1) is 6.92 Å². The summed E-state index contributed by atoms with van der Waals surface area (Å²) < 4.78 is 8.80. The van der Waals surface area contributed by atoms with E-state index in [1.807, 2.05) is 106 Å². The summed E-state index contributed by atoms with van der Waals surface area (Å²) in [4.78, 5) is 15.9. The van der Waals surface area contributed by atoms with E-state index >= 15 is 0 Å². The molecule has 1 unspecified atom stereocenters. The quantitative estimate of drug-likeness (QED) is 0.492. The van der Waals surface area contributed by atoms with Gasteiger partial charge in [-0.05, 0) is 54.4 Å². The molecular weight excluding hydrogens is 414 g/mol. The molecule has 33 heavy (non-hydrogen) atoms. The van der Waals surface area contributed by atoms with Gasteiger partial charge in [-0.15, -0.1) is 0 Å². The van der Waals surface area contributed by atoms with Gasteiger partial charge in [0.05, 0.1) is 18.4 Å². The number of methoxy groups -OCH3 is 1. The number of benzene rings is 3. The summed E-state index contributed by atoms with van der Waals surface area (Å²) in [6.07, 6.45) is 0. The van der Waals surface area contributed by atoms with E-state index in [-0.39, 0.29) is 5.56 Å². The van der Waals surface area contributed by atoms with Gasteiger partial charge in [-0.25, -0.2) is 4.68 Å². The number of para-hydroxylation sites is 1. The number of anilines is 1. The van der Waals surface area contributed by atoms with Crippen molar-refractivity contribution in [2.45, 2.75) is 12.5 Å². The van der Waals surface area contributed by atoms with Crippen molar-refractivity contribution >= 4 is 5.69 Å². The first-order valence-corrected chi connectivity index (χ1v) is 10.8. The van der Waals surface area contributed by atoms with Crippen molar-refractivity contribution in [3.05, 3.63) is 112 Å². The molecule has 0 saturated carbocycles. The fourth-order valence-corrected chi connectivity index (χ4v) is 4.29. The molecule has 0 aliphatic rings. The molecule has 1 N–H and O–H groups in total. The van der Waals surface area contributed by atoms with Gasteiger partial charge in [0.1, 0.15) is 11.4 Å². The van der Waals surface area contributed by atoms with Gasteiger partial charge in [0, 0.05) is 32.5 Å². The number of hydrogen-bond acceptors (Lipinski definition) is 4. The maximum absolute atomic E-state index is 13.9. The van der Waals surface area contributed by atoms with Gasteiger partial charge in [-0.1, -0.05) is 42.5 Å². The van der Waals surface area contributed by atoms with Crippen molar-refractivity contribution in [3.8, 4) is 11.4 Å². The van der Waals surface area contributed by atoms with E-state index in [0.717, 1.165) is 11.4 Å². The second-order valence-electron chi connectivity index (χ2n) is 8.32. The number of aliphatic hydroxyl groups is 1. The Morgan fingerprint density at radius 3 is 2.18 bits per heavy atom. The number of aromatic nitrogens is 2. The summed E-state index contributed by atoms with van der Waals surface area (Å²) >= 11 is 0. The zero-order chi connectivity index (χ0) is 23.8. The van der Waals surface area contributed by atoms with Crippen molar-refractivity contribution in [2.75, 3.05) is 26.1 Å². The third-order valence-corrected chi connectivity index (χ3v) is 6.21. The average molecular weight is 444 g/mol. The number of hydrogen-bond donors (Lipinski definition) is 1. The summed E-state index contributed by atoms with van der Waals surface area (Å²) in [5.41, 5.74) is 1.92. The minimum absolute atomic E-state index is 0.275. The van der Waals surface area contributed by atoms with E-state index in [0.29, 0.717) is 28.1 Å². The predicted octanol–water partition coefficient (Wildman–Crippen LogP) is 3.84. The molecule has 170 valence electrons. The molecule has 6 heteroatoms. The van der Waals surface area contributed by atoms with Crippen LogP contribution < -0.4 is 15.2 Å². The largest absolute Gasteiger partial charge is 0.497 e. The lowest BCUT2D eigenvalue weighted by atomic mass is 9.80. The van der Waals surface area contributed by atoms with Crippen molar-refractivity contribution < 1.29 is 9.84 Å². The van der Waals surface area contributed by atoms with Crippen molar-refractivity contribution in [2.24, 2.45) is 7.05 Å². The Morgan fingerprint density at radius 2 is 1.58 bits per heavy atom. The highest BCUT2D eigenvalue weighted by Gasteiger charge is 2.40. The van der Waals surface area contributed by atoms with Crippen LogP contribution in [-0.2, 0) is 12.6 Å². The van der Waals surface area contributed by atoms with E-state index in [9.17, 15) is 9.90 Å². The van der Waals surface area contributed by atoms with E-state index in [1.165, 1.54) is 0 Å². The summed E-state index contributed by atoms with van der Waals surface area (Å²) in [6, 6.07) is 24.3. The Hall–Kier alpha value is -3.77. The van der Waals surface area contributed by atoms with Gasteiger partial charge < -0.3 is 14.7 Å². The Bertz CT molecular complexity index is 1320. The summed E-state index contributed by atoms with van der Waals surface area (Å²) in [5, 5.41) is 12.4. The highest BCUT2D eigenvalue weighted by molar-refractivity contribution is 5.54. The van der Waals surface area contributed by atoms with Gasteiger partial charge in [0.25, 0.3) is 5.56 Å². The van der Waals surface area contributed by atoms with Crippen LogP contribution in [0.25, 0.3) is 5.69 Å². The molecule has 3 aromatic carbocycles. The zero-order valence-electron chi connectivity index (χ0n) is 19.6. The molecule has 6 nitrogen and oxygen atoms in total. The predicted molar refractivity (Wildman–Crippen MR) is 132 cm³/mol. The molecule has 1 atom stereocenters. The minimum Gasteiger partial charge on any atom is -0.497 e. The lowest BCUT2D eigenvalue weighted by Gasteiger charge is -2.29. The van der Waals surface area contributed by atoms with Crippen LogP contribution in [0.4, 0.5) is 5.69 Å². The standard InChI is InChI=1S/C27H29N3O3/c1-19-25(26(31)30(29(19)4)23-11-7-6-8-12-23)27(32,21-10-9-13-24(18-21)33-5)20-14-16-22(17-15-20)28(2)3/h6-18,32H,1-5H3. The van der Waals surface area contributed by atoms with Crippen LogP contribution in [0.2, 0.25) is 0 Å². The van der Waals surface area contributed by atoms with E-state index in [1.54, 1.807) is 22.5 Å². The maximum Gasteiger partial charge on any atom is 0.278 e. The zero-order valence-corrected chi connectivity index (χ0v) is 19.6. The third-order valence-electron chi connectivity index (χ3n) is 6.21. The van der Waals surface area contributed by atoms with Crippen LogP contribution >= 0.6 is 0 Å².